The minimum absolute atomic E-state index is 0.0880. The molecule has 0 fully saturated rings. The van der Waals surface area contributed by atoms with Crippen molar-refractivity contribution >= 4 is 33.4 Å². The van der Waals surface area contributed by atoms with E-state index in [0.29, 0.717) is 28.4 Å². The summed E-state index contributed by atoms with van der Waals surface area (Å²) in [6.07, 6.45) is 2.93. The van der Waals surface area contributed by atoms with Crippen LogP contribution in [0.5, 0.6) is 11.5 Å². The number of nitrogens with one attached hydrogen (secondary N) is 1. The van der Waals surface area contributed by atoms with E-state index < -0.39 is 15.9 Å². The number of sulfonamides is 1. The Morgan fingerprint density at radius 3 is 2.18 bits per heavy atom. The Morgan fingerprint density at radius 1 is 1.07 bits per heavy atom. The van der Waals surface area contributed by atoms with Gasteiger partial charge in [0.15, 0.2) is 0 Å². The third kappa shape index (κ3) is 5.48. The number of nitrogens with two attached hydrogens (primary N) is 1. The monoisotopic (exact) mass is 405 g/mol. The third-order valence-corrected chi connectivity index (χ3v) is 4.75. The van der Waals surface area contributed by atoms with Gasteiger partial charge >= 0.3 is 0 Å². The second-order valence-corrected chi connectivity index (χ2v) is 7.65. The summed E-state index contributed by atoms with van der Waals surface area (Å²) < 4.78 is 33.6. The van der Waals surface area contributed by atoms with Gasteiger partial charge in [0.05, 0.1) is 30.5 Å². The lowest BCUT2D eigenvalue weighted by Crippen LogP contribution is -2.17. The molecule has 2 rings (SSSR count). The predicted octanol–water partition coefficient (Wildman–Crippen LogP) is 2.07. The zero-order valence-electron chi connectivity index (χ0n) is 16.1. The molecule has 0 unspecified atom stereocenters. The summed E-state index contributed by atoms with van der Waals surface area (Å²) in [7, 11) is 2.74. The van der Waals surface area contributed by atoms with Crippen LogP contribution < -0.4 is 24.8 Å². The van der Waals surface area contributed by atoms with E-state index in [1.54, 1.807) is 49.3 Å². The highest BCUT2D eigenvalue weighted by Gasteiger charge is 2.14. The molecular weight excluding hydrogens is 382 g/mol. The second kappa shape index (κ2) is 8.77. The van der Waals surface area contributed by atoms with Gasteiger partial charge in [0, 0.05) is 26.2 Å². The van der Waals surface area contributed by atoms with Crippen molar-refractivity contribution in [2.75, 3.05) is 38.5 Å². The Labute approximate surface area is 164 Å². The summed E-state index contributed by atoms with van der Waals surface area (Å²) in [5, 5.41) is 7.86. The van der Waals surface area contributed by atoms with Gasteiger partial charge in [0.25, 0.3) is 0 Å². The van der Waals surface area contributed by atoms with Crippen LogP contribution in [0.2, 0.25) is 0 Å². The van der Waals surface area contributed by atoms with E-state index in [0.717, 1.165) is 0 Å². The molecule has 2 aromatic carbocycles. The van der Waals surface area contributed by atoms with Crippen LogP contribution in [0.3, 0.4) is 0 Å². The number of methoxy groups -OCH3 is 2. The Balaban J connectivity index is 2.28. The molecule has 0 aromatic heterocycles. The van der Waals surface area contributed by atoms with Crippen molar-refractivity contribution in [3.63, 3.8) is 0 Å². The van der Waals surface area contributed by atoms with Crippen LogP contribution in [0.15, 0.2) is 47.4 Å². The third-order valence-electron chi connectivity index (χ3n) is 3.84. The molecule has 0 aliphatic carbocycles. The van der Waals surface area contributed by atoms with E-state index in [2.05, 4.69) is 5.32 Å². The number of hydrogen-bond acceptors (Lipinski definition) is 6. The smallest absolute Gasteiger partial charge is 0.248 e. The number of primary sulfonamides is 1. The SMILES string of the molecule is COc1cc(/C=C/C(=O)Nc2cc(S(N)(=O)=O)ccc2N(C)C)cc(OC)c1. The minimum Gasteiger partial charge on any atom is -0.497 e. The molecule has 0 spiro atoms. The maximum atomic E-state index is 12.4. The van der Waals surface area contributed by atoms with Crippen LogP contribution in [0.4, 0.5) is 11.4 Å². The number of nitrogens with zero attached hydrogens (tertiary/aromatic N) is 1. The minimum atomic E-state index is -3.89. The Kier molecular flexibility index (Phi) is 6.66. The Hall–Kier alpha value is -3.04. The van der Waals surface area contributed by atoms with Crippen molar-refractivity contribution in [3.8, 4) is 11.5 Å². The first kappa shape index (κ1) is 21.3. The molecule has 28 heavy (non-hydrogen) atoms. The molecule has 0 bridgehead atoms. The number of hydrogen-bond donors (Lipinski definition) is 2. The van der Waals surface area contributed by atoms with Gasteiger partial charge in [0.1, 0.15) is 11.5 Å². The average molecular weight is 405 g/mol. The number of carbonyl (C=O) groups is 1. The lowest BCUT2D eigenvalue weighted by atomic mass is 10.2. The summed E-state index contributed by atoms with van der Waals surface area (Å²) >= 11 is 0. The molecule has 1 amide bonds. The number of rotatable bonds is 7. The van der Waals surface area contributed by atoms with E-state index >= 15 is 0 Å². The molecule has 0 heterocycles. The Morgan fingerprint density at radius 2 is 1.68 bits per heavy atom. The first-order valence-electron chi connectivity index (χ1n) is 8.20. The lowest BCUT2D eigenvalue weighted by molar-refractivity contribution is -0.111. The molecule has 0 aliphatic rings. The largest absolute Gasteiger partial charge is 0.497 e. The van der Waals surface area contributed by atoms with Crippen molar-refractivity contribution in [2.45, 2.75) is 4.90 Å². The number of carbonyl (C=O) groups excluding carboxylic acids is 1. The van der Waals surface area contributed by atoms with Gasteiger partial charge in [-0.05, 0) is 42.0 Å². The van der Waals surface area contributed by atoms with Crippen LogP contribution in [0.25, 0.3) is 6.08 Å². The van der Waals surface area contributed by atoms with E-state index in [1.807, 2.05) is 0 Å². The molecule has 0 saturated carbocycles. The van der Waals surface area contributed by atoms with Gasteiger partial charge in [-0.3, -0.25) is 4.79 Å². The number of benzene rings is 2. The lowest BCUT2D eigenvalue weighted by Gasteiger charge is -2.18. The first-order chi connectivity index (χ1) is 13.1. The van der Waals surface area contributed by atoms with Crippen molar-refractivity contribution in [1.82, 2.24) is 0 Å². The zero-order valence-corrected chi connectivity index (χ0v) is 16.9. The topological polar surface area (TPSA) is 111 Å². The Bertz CT molecular complexity index is 978. The highest BCUT2D eigenvalue weighted by atomic mass is 32.2. The standard InChI is InChI=1S/C19H23N3O5S/c1-22(2)18-7-6-16(28(20,24)25)12-17(18)21-19(23)8-5-13-9-14(26-3)11-15(10-13)27-4/h5-12H,1-4H3,(H,21,23)(H2,20,24,25)/b8-5+. The maximum absolute atomic E-state index is 12.4. The first-order valence-corrected chi connectivity index (χ1v) is 9.75. The van der Waals surface area contributed by atoms with Crippen molar-refractivity contribution < 1.29 is 22.7 Å². The van der Waals surface area contributed by atoms with Crippen molar-refractivity contribution in [1.29, 1.82) is 0 Å². The van der Waals surface area contributed by atoms with Crippen LogP contribution in [-0.2, 0) is 14.8 Å². The summed E-state index contributed by atoms with van der Waals surface area (Å²) in [6.45, 7) is 0. The number of anilines is 2. The quantitative estimate of drug-likeness (QED) is 0.682. The fraction of sp³-hybridized carbons (Fsp3) is 0.211. The number of ether oxygens (including phenoxy) is 2. The molecule has 0 saturated heterocycles. The summed E-state index contributed by atoms with van der Waals surface area (Å²) in [5.74, 6) is 0.752. The van der Waals surface area contributed by atoms with Gasteiger partial charge in [-0.1, -0.05) is 0 Å². The number of amides is 1. The highest BCUT2D eigenvalue weighted by Crippen LogP contribution is 2.27. The van der Waals surface area contributed by atoms with E-state index in [1.165, 1.54) is 32.4 Å². The predicted molar refractivity (Wildman–Crippen MR) is 109 cm³/mol. The fourth-order valence-corrected chi connectivity index (χ4v) is 2.99. The van der Waals surface area contributed by atoms with Gasteiger partial charge in [0.2, 0.25) is 15.9 Å². The molecule has 0 aliphatic heterocycles. The normalized spacial score (nSPS) is 11.3. The molecule has 8 nitrogen and oxygen atoms in total. The van der Waals surface area contributed by atoms with Gasteiger partial charge in [-0.25, -0.2) is 13.6 Å². The molecule has 0 atom stereocenters. The van der Waals surface area contributed by atoms with Crippen LogP contribution in [0, 0.1) is 0 Å². The summed E-state index contributed by atoms with van der Waals surface area (Å²) in [5.41, 5.74) is 1.67. The van der Waals surface area contributed by atoms with E-state index in [-0.39, 0.29) is 4.90 Å². The molecule has 3 N–H and O–H groups in total. The zero-order chi connectivity index (χ0) is 20.9. The highest BCUT2D eigenvalue weighted by molar-refractivity contribution is 7.89. The maximum Gasteiger partial charge on any atom is 0.248 e. The van der Waals surface area contributed by atoms with Crippen molar-refractivity contribution in [2.24, 2.45) is 5.14 Å². The molecule has 0 radical (unpaired) electrons. The molecule has 2 aromatic rings. The second-order valence-electron chi connectivity index (χ2n) is 6.09. The van der Waals surface area contributed by atoms with Gasteiger partial charge < -0.3 is 19.7 Å². The fourth-order valence-electron chi connectivity index (χ4n) is 2.45. The molecule has 9 heteroatoms. The van der Waals surface area contributed by atoms with Crippen LogP contribution in [0.1, 0.15) is 5.56 Å². The van der Waals surface area contributed by atoms with Crippen LogP contribution >= 0.6 is 0 Å². The van der Waals surface area contributed by atoms with Gasteiger partial charge in [-0.2, -0.15) is 0 Å². The molecular formula is C19H23N3O5S. The summed E-state index contributed by atoms with van der Waals surface area (Å²) in [4.78, 5) is 14.0. The van der Waals surface area contributed by atoms with Crippen LogP contribution in [-0.4, -0.2) is 42.6 Å². The van der Waals surface area contributed by atoms with E-state index in [9.17, 15) is 13.2 Å². The molecule has 150 valence electrons. The van der Waals surface area contributed by atoms with Gasteiger partial charge in [-0.15, -0.1) is 0 Å². The average Bonchev–Trinajstić information content (AvgIpc) is 2.65. The summed E-state index contributed by atoms with van der Waals surface area (Å²) in [6, 6.07) is 9.51. The van der Waals surface area contributed by atoms with Crippen molar-refractivity contribution in [3.05, 3.63) is 48.0 Å². The van der Waals surface area contributed by atoms with E-state index in [4.69, 9.17) is 14.6 Å².